The number of nitrogen functional groups attached to an aromatic ring is 1. The second kappa shape index (κ2) is 6.21. The maximum atomic E-state index is 5.69. The van der Waals surface area contributed by atoms with Gasteiger partial charge in [-0.2, -0.15) is 0 Å². The number of nitrogens with two attached hydrogens (primary N) is 1. The molecule has 19 heavy (non-hydrogen) atoms. The maximum absolute atomic E-state index is 5.69. The van der Waals surface area contributed by atoms with Crippen LogP contribution >= 0.6 is 15.9 Å². The minimum absolute atomic E-state index is 0.338. The highest BCUT2D eigenvalue weighted by Gasteiger charge is 1.99. The first kappa shape index (κ1) is 13.4. The zero-order valence-corrected chi connectivity index (χ0v) is 11.9. The van der Waals surface area contributed by atoms with Crippen molar-refractivity contribution in [1.29, 1.82) is 0 Å². The molecule has 0 unspecified atom stereocenters. The molecule has 96 valence electrons. The smallest absolute Gasteiger partial charge is 0.158 e. The number of methoxy groups -OCH3 is 1. The van der Waals surface area contributed by atoms with Crippen molar-refractivity contribution in [2.45, 2.75) is 6.42 Å². The second-order valence-corrected chi connectivity index (χ2v) is 4.57. The topological polar surface area (TPSA) is 61.0 Å². The predicted octanol–water partition coefficient (Wildman–Crippen LogP) is 2.42. The van der Waals surface area contributed by atoms with Crippen LogP contribution in [0.5, 0.6) is 5.75 Å². The standard InChI is InChI=1S/C14H12BrN3O/c1-19-11-7-5-10(6-8-11)3-2-4-12-14(16)17-9-13(15)18-12/h5-9H,3H2,1H3,(H2,16,17). The Morgan fingerprint density at radius 3 is 2.74 bits per heavy atom. The monoisotopic (exact) mass is 317 g/mol. The molecule has 1 heterocycles. The lowest BCUT2D eigenvalue weighted by atomic mass is 10.1. The van der Waals surface area contributed by atoms with Crippen LogP contribution in [-0.4, -0.2) is 17.1 Å². The summed E-state index contributed by atoms with van der Waals surface area (Å²) >= 11 is 3.24. The van der Waals surface area contributed by atoms with Crippen molar-refractivity contribution in [3.63, 3.8) is 0 Å². The van der Waals surface area contributed by atoms with Crippen molar-refractivity contribution < 1.29 is 4.74 Å². The fourth-order valence-corrected chi connectivity index (χ4v) is 1.72. The molecule has 1 aromatic heterocycles. The Balaban J connectivity index is 2.09. The molecule has 2 rings (SSSR count). The number of benzene rings is 1. The Morgan fingerprint density at radius 1 is 1.32 bits per heavy atom. The maximum Gasteiger partial charge on any atom is 0.158 e. The minimum atomic E-state index is 0.338. The van der Waals surface area contributed by atoms with Crippen LogP contribution in [0, 0.1) is 11.8 Å². The van der Waals surface area contributed by atoms with Gasteiger partial charge in [0, 0.05) is 6.42 Å². The van der Waals surface area contributed by atoms with E-state index in [-0.39, 0.29) is 0 Å². The third-order valence-corrected chi connectivity index (χ3v) is 2.81. The van der Waals surface area contributed by atoms with E-state index in [1.54, 1.807) is 13.3 Å². The van der Waals surface area contributed by atoms with Gasteiger partial charge in [-0.15, -0.1) is 0 Å². The van der Waals surface area contributed by atoms with Crippen LogP contribution in [0.2, 0.25) is 0 Å². The molecule has 0 spiro atoms. The van der Waals surface area contributed by atoms with E-state index < -0.39 is 0 Å². The Labute approximate surface area is 120 Å². The number of hydrogen-bond donors (Lipinski definition) is 1. The highest BCUT2D eigenvalue weighted by atomic mass is 79.9. The average molecular weight is 318 g/mol. The number of aromatic nitrogens is 2. The van der Waals surface area contributed by atoms with Crippen molar-refractivity contribution in [3.05, 3.63) is 46.3 Å². The molecule has 2 N–H and O–H groups in total. The first-order chi connectivity index (χ1) is 9.19. The summed E-state index contributed by atoms with van der Waals surface area (Å²) in [6.07, 6.45) is 2.17. The quantitative estimate of drug-likeness (QED) is 0.864. The highest BCUT2D eigenvalue weighted by Crippen LogP contribution is 2.12. The molecule has 0 radical (unpaired) electrons. The average Bonchev–Trinajstić information content (AvgIpc) is 2.43. The number of rotatable bonds is 2. The SMILES string of the molecule is COc1ccc(CC#Cc2nc(Br)cnc2N)cc1. The molecule has 0 amide bonds. The van der Waals surface area contributed by atoms with Crippen LogP contribution in [0.3, 0.4) is 0 Å². The lowest BCUT2D eigenvalue weighted by Gasteiger charge is -1.99. The molecule has 0 bridgehead atoms. The summed E-state index contributed by atoms with van der Waals surface area (Å²) in [5.41, 5.74) is 7.29. The predicted molar refractivity (Wildman–Crippen MR) is 77.7 cm³/mol. The first-order valence-corrected chi connectivity index (χ1v) is 6.38. The van der Waals surface area contributed by atoms with Gasteiger partial charge in [0.05, 0.1) is 13.3 Å². The van der Waals surface area contributed by atoms with E-state index in [2.05, 4.69) is 37.7 Å². The number of ether oxygens (including phenoxy) is 1. The number of nitrogens with zero attached hydrogens (tertiary/aromatic N) is 2. The molecule has 0 fully saturated rings. The molecule has 0 saturated heterocycles. The Morgan fingerprint density at radius 2 is 2.05 bits per heavy atom. The van der Waals surface area contributed by atoms with Gasteiger partial charge >= 0.3 is 0 Å². The summed E-state index contributed by atoms with van der Waals surface area (Å²) in [4.78, 5) is 8.14. The summed E-state index contributed by atoms with van der Waals surface area (Å²) in [6, 6.07) is 7.77. The van der Waals surface area contributed by atoms with Gasteiger partial charge in [0.15, 0.2) is 11.5 Å². The first-order valence-electron chi connectivity index (χ1n) is 5.59. The number of anilines is 1. The summed E-state index contributed by atoms with van der Waals surface area (Å²) in [6.45, 7) is 0. The third kappa shape index (κ3) is 3.70. The van der Waals surface area contributed by atoms with E-state index in [1.165, 1.54) is 0 Å². The Kier molecular flexibility index (Phi) is 4.37. The van der Waals surface area contributed by atoms with E-state index in [0.29, 0.717) is 22.5 Å². The van der Waals surface area contributed by atoms with Crippen LogP contribution in [0.1, 0.15) is 11.3 Å². The van der Waals surface area contributed by atoms with Crippen molar-refractivity contribution >= 4 is 21.7 Å². The molecule has 0 aliphatic heterocycles. The van der Waals surface area contributed by atoms with Crippen LogP contribution in [0.15, 0.2) is 35.1 Å². The summed E-state index contributed by atoms with van der Waals surface area (Å²) < 4.78 is 5.72. The van der Waals surface area contributed by atoms with Gasteiger partial charge in [0.25, 0.3) is 0 Å². The second-order valence-electron chi connectivity index (χ2n) is 3.75. The molecule has 4 nitrogen and oxygen atoms in total. The van der Waals surface area contributed by atoms with Crippen LogP contribution in [0.25, 0.3) is 0 Å². The summed E-state index contributed by atoms with van der Waals surface area (Å²) in [5.74, 6) is 7.12. The molecule has 5 heteroatoms. The Bertz CT molecular complexity index is 629. The van der Waals surface area contributed by atoms with Crippen molar-refractivity contribution in [3.8, 4) is 17.6 Å². The number of hydrogen-bond acceptors (Lipinski definition) is 4. The van der Waals surface area contributed by atoms with Crippen LogP contribution in [0.4, 0.5) is 5.82 Å². The summed E-state index contributed by atoms with van der Waals surface area (Å²) in [5, 5.41) is 0. The van der Waals surface area contributed by atoms with Gasteiger partial charge in [0.1, 0.15) is 10.4 Å². The van der Waals surface area contributed by atoms with E-state index in [1.807, 2.05) is 24.3 Å². The fourth-order valence-electron chi connectivity index (χ4n) is 1.44. The van der Waals surface area contributed by atoms with Crippen molar-refractivity contribution in [1.82, 2.24) is 9.97 Å². The van der Waals surface area contributed by atoms with Gasteiger partial charge < -0.3 is 10.5 Å². The molecule has 0 aliphatic rings. The molecular formula is C14H12BrN3O. The molecular weight excluding hydrogens is 306 g/mol. The van der Waals surface area contributed by atoms with Gasteiger partial charge in [-0.05, 0) is 39.5 Å². The van der Waals surface area contributed by atoms with Crippen molar-refractivity contribution in [2.24, 2.45) is 0 Å². The number of halogens is 1. The molecule has 0 atom stereocenters. The van der Waals surface area contributed by atoms with Gasteiger partial charge in [0.2, 0.25) is 0 Å². The largest absolute Gasteiger partial charge is 0.497 e. The van der Waals surface area contributed by atoms with Gasteiger partial charge in [-0.3, -0.25) is 0 Å². The van der Waals surface area contributed by atoms with Crippen LogP contribution < -0.4 is 10.5 Å². The fraction of sp³-hybridized carbons (Fsp3) is 0.143. The summed E-state index contributed by atoms with van der Waals surface area (Å²) in [7, 11) is 1.64. The lowest BCUT2D eigenvalue weighted by molar-refractivity contribution is 0.414. The molecule has 0 saturated carbocycles. The van der Waals surface area contributed by atoms with E-state index in [0.717, 1.165) is 11.3 Å². The Hall–Kier alpha value is -2.06. The molecule has 0 aliphatic carbocycles. The van der Waals surface area contributed by atoms with Crippen molar-refractivity contribution in [2.75, 3.05) is 12.8 Å². The van der Waals surface area contributed by atoms with E-state index >= 15 is 0 Å². The van der Waals surface area contributed by atoms with Gasteiger partial charge in [-0.25, -0.2) is 9.97 Å². The molecule has 2 aromatic rings. The highest BCUT2D eigenvalue weighted by molar-refractivity contribution is 9.10. The minimum Gasteiger partial charge on any atom is -0.497 e. The van der Waals surface area contributed by atoms with Gasteiger partial charge in [-0.1, -0.05) is 18.1 Å². The normalized spacial score (nSPS) is 9.58. The zero-order chi connectivity index (χ0) is 13.7. The third-order valence-electron chi connectivity index (χ3n) is 2.43. The molecule has 1 aromatic carbocycles. The zero-order valence-electron chi connectivity index (χ0n) is 10.4. The van der Waals surface area contributed by atoms with E-state index in [4.69, 9.17) is 10.5 Å². The van der Waals surface area contributed by atoms with Crippen LogP contribution in [-0.2, 0) is 6.42 Å². The lowest BCUT2D eigenvalue weighted by Crippen LogP contribution is -1.97. The van der Waals surface area contributed by atoms with E-state index in [9.17, 15) is 0 Å².